The van der Waals surface area contributed by atoms with E-state index in [9.17, 15) is 0 Å². The smallest absolute Gasteiger partial charge is 0.193 e. The molecule has 0 saturated heterocycles. The first-order chi connectivity index (χ1) is 10.8. The van der Waals surface area contributed by atoms with E-state index in [0.717, 1.165) is 15.9 Å². The summed E-state index contributed by atoms with van der Waals surface area (Å²) < 4.78 is 2.08. The van der Waals surface area contributed by atoms with E-state index in [-0.39, 0.29) is 5.25 Å². The van der Waals surface area contributed by atoms with Gasteiger partial charge < -0.3 is 0 Å². The van der Waals surface area contributed by atoms with Crippen LogP contribution < -0.4 is 0 Å². The van der Waals surface area contributed by atoms with Crippen LogP contribution >= 0.6 is 23.1 Å². The van der Waals surface area contributed by atoms with E-state index in [1.807, 2.05) is 42.6 Å². The molecule has 2 heterocycles. The Labute approximate surface area is 137 Å². The average Bonchev–Trinajstić information content (AvgIpc) is 3.19. The van der Waals surface area contributed by atoms with Crippen LogP contribution in [0.2, 0.25) is 0 Å². The van der Waals surface area contributed by atoms with Gasteiger partial charge in [0.05, 0.1) is 22.7 Å². The zero-order chi connectivity index (χ0) is 15.4. The molecule has 0 radical (unpaired) electrons. The fourth-order valence-corrected chi connectivity index (χ4v) is 3.51. The molecule has 2 aromatic heterocycles. The molecule has 22 heavy (non-hydrogen) atoms. The molecule has 0 bridgehead atoms. The summed E-state index contributed by atoms with van der Waals surface area (Å²) >= 11 is 3.08. The van der Waals surface area contributed by atoms with Gasteiger partial charge in [0.1, 0.15) is 0 Å². The summed E-state index contributed by atoms with van der Waals surface area (Å²) in [5.74, 6) is 0.853. The molecule has 6 heteroatoms. The van der Waals surface area contributed by atoms with Gasteiger partial charge in [-0.15, -0.1) is 21.5 Å². The van der Waals surface area contributed by atoms with Gasteiger partial charge in [0.25, 0.3) is 0 Å². The van der Waals surface area contributed by atoms with E-state index in [0.29, 0.717) is 6.54 Å². The molecule has 1 aromatic carbocycles. The van der Waals surface area contributed by atoms with Crippen LogP contribution in [0.15, 0.2) is 53.0 Å². The molecular formula is C16H14N4S2. The van der Waals surface area contributed by atoms with Crippen molar-refractivity contribution in [2.24, 2.45) is 0 Å². The molecule has 0 amide bonds. The SMILES string of the molecule is C[C@@H](C#N)Sc1nnc(-c2cccs2)n1Cc1ccccc1. The number of thiophene rings is 1. The molecule has 0 aliphatic heterocycles. The predicted octanol–water partition coefficient (Wildman–Crippen LogP) is 4.06. The molecule has 0 unspecified atom stereocenters. The Morgan fingerprint density at radius 2 is 2.05 bits per heavy atom. The second kappa shape index (κ2) is 6.77. The van der Waals surface area contributed by atoms with Crippen molar-refractivity contribution in [3.05, 3.63) is 53.4 Å². The molecule has 0 spiro atoms. The molecule has 0 N–H and O–H groups in total. The minimum Gasteiger partial charge on any atom is -0.297 e. The van der Waals surface area contributed by atoms with Gasteiger partial charge in [-0.25, -0.2) is 0 Å². The number of thioether (sulfide) groups is 1. The van der Waals surface area contributed by atoms with Crippen molar-refractivity contribution in [2.45, 2.75) is 23.9 Å². The summed E-state index contributed by atoms with van der Waals surface area (Å²) in [6.45, 7) is 2.57. The number of aromatic nitrogens is 3. The van der Waals surface area contributed by atoms with Crippen LogP contribution in [0.5, 0.6) is 0 Å². The number of rotatable bonds is 5. The summed E-state index contributed by atoms with van der Waals surface area (Å²) in [4.78, 5) is 1.08. The fourth-order valence-electron chi connectivity index (χ4n) is 2.06. The standard InChI is InChI=1S/C16H14N4S2/c1-12(10-17)22-16-19-18-15(14-8-5-9-21-14)20(16)11-13-6-3-2-4-7-13/h2-9,12H,11H2,1H3/t12-/m0/s1. The Morgan fingerprint density at radius 3 is 2.73 bits per heavy atom. The average molecular weight is 326 g/mol. The maximum atomic E-state index is 9.04. The van der Waals surface area contributed by atoms with Gasteiger partial charge in [-0.3, -0.25) is 4.57 Å². The van der Waals surface area contributed by atoms with E-state index in [1.165, 1.54) is 17.3 Å². The fraction of sp³-hybridized carbons (Fsp3) is 0.188. The Hall–Kier alpha value is -2.10. The zero-order valence-electron chi connectivity index (χ0n) is 12.0. The number of nitriles is 1. The van der Waals surface area contributed by atoms with Crippen LogP contribution in [-0.2, 0) is 6.54 Å². The van der Waals surface area contributed by atoms with Crippen LogP contribution in [0.3, 0.4) is 0 Å². The van der Waals surface area contributed by atoms with E-state index in [1.54, 1.807) is 11.3 Å². The van der Waals surface area contributed by atoms with Crippen molar-refractivity contribution in [1.29, 1.82) is 5.26 Å². The minimum absolute atomic E-state index is 0.157. The number of hydrogen-bond acceptors (Lipinski definition) is 5. The maximum absolute atomic E-state index is 9.04. The molecule has 110 valence electrons. The van der Waals surface area contributed by atoms with Crippen molar-refractivity contribution >= 4 is 23.1 Å². The van der Waals surface area contributed by atoms with Crippen LogP contribution in [0.1, 0.15) is 12.5 Å². The van der Waals surface area contributed by atoms with Gasteiger partial charge >= 0.3 is 0 Å². The molecule has 0 saturated carbocycles. The highest BCUT2D eigenvalue weighted by Crippen LogP contribution is 2.29. The molecule has 3 rings (SSSR count). The zero-order valence-corrected chi connectivity index (χ0v) is 13.6. The first-order valence-corrected chi connectivity index (χ1v) is 8.61. The second-order valence-electron chi connectivity index (χ2n) is 4.74. The van der Waals surface area contributed by atoms with Crippen LogP contribution in [-0.4, -0.2) is 20.0 Å². The summed E-state index contributed by atoms with van der Waals surface area (Å²) in [5.41, 5.74) is 1.19. The topological polar surface area (TPSA) is 54.5 Å². The summed E-state index contributed by atoms with van der Waals surface area (Å²) in [5, 5.41) is 20.3. The van der Waals surface area contributed by atoms with Crippen LogP contribution in [0, 0.1) is 11.3 Å². The third-order valence-corrected chi connectivity index (χ3v) is 4.94. The highest BCUT2D eigenvalue weighted by molar-refractivity contribution is 8.00. The lowest BCUT2D eigenvalue weighted by molar-refractivity contribution is 0.715. The predicted molar refractivity (Wildman–Crippen MR) is 89.8 cm³/mol. The van der Waals surface area contributed by atoms with Gasteiger partial charge in [-0.05, 0) is 23.9 Å². The largest absolute Gasteiger partial charge is 0.297 e. The first kappa shape index (κ1) is 14.8. The molecule has 3 aromatic rings. The summed E-state index contributed by atoms with van der Waals surface area (Å²) in [6, 6.07) is 16.5. The Bertz CT molecular complexity index is 772. The summed E-state index contributed by atoms with van der Waals surface area (Å²) in [6.07, 6.45) is 0. The van der Waals surface area contributed by atoms with Crippen molar-refractivity contribution in [1.82, 2.24) is 14.8 Å². The van der Waals surface area contributed by atoms with Crippen LogP contribution in [0.25, 0.3) is 10.7 Å². The first-order valence-electron chi connectivity index (χ1n) is 6.85. The minimum atomic E-state index is -0.157. The monoisotopic (exact) mass is 326 g/mol. The Kier molecular flexibility index (Phi) is 4.56. The third kappa shape index (κ3) is 3.21. The third-order valence-electron chi connectivity index (χ3n) is 3.11. The van der Waals surface area contributed by atoms with E-state index in [2.05, 4.69) is 33.0 Å². The molecule has 0 aliphatic carbocycles. The molecule has 0 aliphatic rings. The molecule has 1 atom stereocenters. The lowest BCUT2D eigenvalue weighted by atomic mass is 10.2. The number of benzene rings is 1. The van der Waals surface area contributed by atoms with Crippen molar-refractivity contribution < 1.29 is 0 Å². The van der Waals surface area contributed by atoms with Gasteiger partial charge in [-0.2, -0.15) is 5.26 Å². The molecular weight excluding hydrogens is 312 g/mol. The van der Waals surface area contributed by atoms with E-state index in [4.69, 9.17) is 5.26 Å². The Morgan fingerprint density at radius 1 is 1.23 bits per heavy atom. The van der Waals surface area contributed by atoms with Crippen LogP contribution in [0.4, 0.5) is 0 Å². The van der Waals surface area contributed by atoms with E-state index >= 15 is 0 Å². The molecule has 4 nitrogen and oxygen atoms in total. The normalized spacial score (nSPS) is 12.0. The van der Waals surface area contributed by atoms with E-state index < -0.39 is 0 Å². The summed E-state index contributed by atoms with van der Waals surface area (Å²) in [7, 11) is 0. The highest BCUT2D eigenvalue weighted by Gasteiger charge is 2.17. The lowest BCUT2D eigenvalue weighted by Gasteiger charge is -2.10. The second-order valence-corrected chi connectivity index (χ2v) is 7.00. The number of nitrogens with zero attached hydrogens (tertiary/aromatic N) is 4. The van der Waals surface area contributed by atoms with Gasteiger partial charge in [0.15, 0.2) is 11.0 Å². The highest BCUT2D eigenvalue weighted by atomic mass is 32.2. The van der Waals surface area contributed by atoms with Gasteiger partial charge in [0, 0.05) is 0 Å². The Balaban J connectivity index is 1.99. The lowest BCUT2D eigenvalue weighted by Crippen LogP contribution is -2.05. The van der Waals surface area contributed by atoms with Gasteiger partial charge in [0.2, 0.25) is 0 Å². The van der Waals surface area contributed by atoms with Crippen molar-refractivity contribution in [3.8, 4) is 16.8 Å². The maximum Gasteiger partial charge on any atom is 0.193 e. The van der Waals surface area contributed by atoms with Crippen molar-refractivity contribution in [2.75, 3.05) is 0 Å². The number of hydrogen-bond donors (Lipinski definition) is 0. The van der Waals surface area contributed by atoms with Gasteiger partial charge in [-0.1, -0.05) is 48.2 Å². The van der Waals surface area contributed by atoms with Crippen molar-refractivity contribution in [3.63, 3.8) is 0 Å². The molecule has 0 fully saturated rings. The quantitative estimate of drug-likeness (QED) is 0.664.